The van der Waals surface area contributed by atoms with Crippen molar-refractivity contribution in [2.75, 3.05) is 0 Å². The fourth-order valence-electron chi connectivity index (χ4n) is 0.604. The van der Waals surface area contributed by atoms with Gasteiger partial charge in [-0.15, -0.1) is 0 Å². The van der Waals surface area contributed by atoms with Crippen LogP contribution in [0.1, 0.15) is 11.1 Å². The van der Waals surface area contributed by atoms with Crippen LogP contribution >= 0.6 is 0 Å². The Bertz CT molecular complexity index is 172. The lowest BCUT2D eigenvalue weighted by atomic mass is 10.2. The fourth-order valence-corrected chi connectivity index (χ4v) is 0.761. The van der Waals surface area contributed by atoms with Crippen LogP contribution in [0.3, 0.4) is 0 Å². The molecule has 0 saturated carbocycles. The van der Waals surface area contributed by atoms with Gasteiger partial charge in [0.25, 0.3) is 0 Å². The van der Waals surface area contributed by atoms with E-state index in [1.165, 1.54) is 0 Å². The van der Waals surface area contributed by atoms with Crippen LogP contribution < -0.4 is 0 Å². The van der Waals surface area contributed by atoms with Gasteiger partial charge in [0, 0.05) is 5.50 Å². The number of halogens is 1. The third kappa shape index (κ3) is 1.72. The molecule has 0 bridgehead atoms. The first-order valence-electron chi connectivity index (χ1n) is 2.65. The maximum absolute atomic E-state index is 12.2. The molecular formula is C7H6FS-. The summed E-state index contributed by atoms with van der Waals surface area (Å²) in [7, 11) is 0. The van der Waals surface area contributed by atoms with E-state index in [9.17, 15) is 4.39 Å². The van der Waals surface area contributed by atoms with Crippen molar-refractivity contribution in [2.24, 2.45) is 0 Å². The van der Waals surface area contributed by atoms with Crippen LogP contribution in [0.15, 0.2) is 30.3 Å². The van der Waals surface area contributed by atoms with Crippen molar-refractivity contribution in [1.82, 2.24) is 0 Å². The molecular weight excluding hydrogens is 135 g/mol. The number of benzene rings is 1. The van der Waals surface area contributed by atoms with Gasteiger partial charge in [-0.05, 0) is 5.56 Å². The van der Waals surface area contributed by atoms with Crippen LogP contribution in [0.25, 0.3) is 0 Å². The highest BCUT2D eigenvalue weighted by Gasteiger charge is 1.89. The Morgan fingerprint density at radius 1 is 1.22 bits per heavy atom. The molecule has 0 saturated heterocycles. The van der Waals surface area contributed by atoms with Gasteiger partial charge in [-0.1, -0.05) is 30.3 Å². The Morgan fingerprint density at radius 2 is 1.78 bits per heavy atom. The van der Waals surface area contributed by atoms with Gasteiger partial charge < -0.3 is 12.6 Å². The maximum Gasteiger partial charge on any atom is 0.00795 e. The molecule has 0 aliphatic carbocycles. The molecule has 1 rings (SSSR count). The van der Waals surface area contributed by atoms with E-state index in [2.05, 4.69) is 12.6 Å². The van der Waals surface area contributed by atoms with Gasteiger partial charge in [-0.2, -0.15) is 0 Å². The fraction of sp³-hybridized carbons (Fsp3) is 0.143. The van der Waals surface area contributed by atoms with E-state index in [0.717, 1.165) is 0 Å². The van der Waals surface area contributed by atoms with E-state index in [1.54, 1.807) is 24.3 Å². The van der Waals surface area contributed by atoms with Crippen molar-refractivity contribution in [1.29, 1.82) is 0 Å². The lowest BCUT2D eigenvalue weighted by Crippen LogP contribution is -1.82. The molecule has 1 atom stereocenters. The van der Waals surface area contributed by atoms with Crippen molar-refractivity contribution < 1.29 is 4.39 Å². The standard InChI is InChI=1S/C7H7FS/c8-7(9)6-4-2-1-3-5-6/h1-5,7,9H/p-1. The van der Waals surface area contributed by atoms with E-state index in [0.29, 0.717) is 5.56 Å². The van der Waals surface area contributed by atoms with Crippen LogP contribution in [0.4, 0.5) is 4.39 Å². The summed E-state index contributed by atoms with van der Waals surface area (Å²) < 4.78 is 12.2. The van der Waals surface area contributed by atoms with Gasteiger partial charge in [-0.3, -0.25) is 4.39 Å². The Kier molecular flexibility index (Phi) is 2.11. The lowest BCUT2D eigenvalue weighted by molar-refractivity contribution is 0.471. The summed E-state index contributed by atoms with van der Waals surface area (Å²) in [6, 6.07) is 8.74. The molecule has 0 fully saturated rings. The number of hydrogen-bond acceptors (Lipinski definition) is 1. The van der Waals surface area contributed by atoms with E-state index < -0.39 is 5.50 Å². The number of hydrogen-bond donors (Lipinski definition) is 0. The summed E-state index contributed by atoms with van der Waals surface area (Å²) in [5, 5.41) is 0. The maximum atomic E-state index is 12.2. The second kappa shape index (κ2) is 2.87. The zero-order valence-electron chi connectivity index (χ0n) is 4.75. The molecule has 0 amide bonds. The molecule has 1 aromatic carbocycles. The average Bonchev–Trinajstić information content (AvgIpc) is 1.90. The van der Waals surface area contributed by atoms with Gasteiger partial charge in [0.2, 0.25) is 0 Å². The van der Waals surface area contributed by atoms with Gasteiger partial charge >= 0.3 is 0 Å². The summed E-state index contributed by atoms with van der Waals surface area (Å²) in [6.45, 7) is 0. The Labute approximate surface area is 59.1 Å². The normalized spacial score (nSPS) is 13.1. The smallest absolute Gasteiger partial charge is 0.00795 e. The first kappa shape index (κ1) is 6.62. The quantitative estimate of drug-likeness (QED) is 0.540. The van der Waals surface area contributed by atoms with Crippen molar-refractivity contribution in [3.05, 3.63) is 35.9 Å². The number of alkyl halides is 1. The monoisotopic (exact) mass is 141 g/mol. The predicted molar refractivity (Wildman–Crippen MR) is 37.7 cm³/mol. The Morgan fingerprint density at radius 3 is 2.11 bits per heavy atom. The molecule has 1 aromatic rings. The zero-order chi connectivity index (χ0) is 6.69. The van der Waals surface area contributed by atoms with Crippen LogP contribution in [-0.4, -0.2) is 0 Å². The van der Waals surface area contributed by atoms with Crippen molar-refractivity contribution in [3.63, 3.8) is 0 Å². The molecule has 2 heteroatoms. The van der Waals surface area contributed by atoms with E-state index in [-0.39, 0.29) is 0 Å². The third-order valence-corrected chi connectivity index (χ3v) is 1.33. The molecule has 0 spiro atoms. The summed E-state index contributed by atoms with van der Waals surface area (Å²) in [5.41, 5.74) is -0.696. The second-order valence-corrected chi connectivity index (χ2v) is 2.14. The summed E-state index contributed by atoms with van der Waals surface area (Å²) >= 11 is 4.38. The lowest BCUT2D eigenvalue weighted by Gasteiger charge is -2.10. The Balaban J connectivity index is 2.85. The molecule has 0 radical (unpaired) electrons. The van der Waals surface area contributed by atoms with Gasteiger partial charge in [0.05, 0.1) is 0 Å². The van der Waals surface area contributed by atoms with Gasteiger partial charge in [0.15, 0.2) is 0 Å². The molecule has 0 N–H and O–H groups in total. The van der Waals surface area contributed by atoms with Gasteiger partial charge in [0.1, 0.15) is 0 Å². The highest BCUT2D eigenvalue weighted by molar-refractivity contribution is 7.58. The highest BCUT2D eigenvalue weighted by atomic mass is 32.1. The molecule has 0 aliphatic heterocycles. The average molecular weight is 141 g/mol. The third-order valence-electron chi connectivity index (χ3n) is 1.06. The summed E-state index contributed by atoms with van der Waals surface area (Å²) in [6.07, 6.45) is 0. The molecule has 0 nitrogen and oxygen atoms in total. The van der Waals surface area contributed by atoms with E-state index in [4.69, 9.17) is 0 Å². The predicted octanol–water partition coefficient (Wildman–Crippen LogP) is 2.20. The molecule has 0 heterocycles. The summed E-state index contributed by atoms with van der Waals surface area (Å²) in [5.74, 6) is 0. The van der Waals surface area contributed by atoms with Gasteiger partial charge in [-0.25, -0.2) is 0 Å². The van der Waals surface area contributed by atoms with E-state index in [1.807, 2.05) is 6.07 Å². The minimum absolute atomic E-state index is 0.563. The van der Waals surface area contributed by atoms with Crippen LogP contribution in [0, 0.1) is 0 Å². The molecule has 9 heavy (non-hydrogen) atoms. The highest BCUT2D eigenvalue weighted by Crippen LogP contribution is 2.13. The molecule has 0 aliphatic rings. The van der Waals surface area contributed by atoms with E-state index >= 15 is 0 Å². The first-order valence-corrected chi connectivity index (χ1v) is 3.12. The van der Waals surface area contributed by atoms with Crippen molar-refractivity contribution in [3.8, 4) is 0 Å². The Hall–Kier alpha value is -0.500. The largest absolute Gasteiger partial charge is 0.751 e. The minimum atomic E-state index is -1.26. The second-order valence-electron chi connectivity index (χ2n) is 1.73. The first-order chi connectivity index (χ1) is 4.30. The van der Waals surface area contributed by atoms with Crippen molar-refractivity contribution >= 4 is 12.6 Å². The topological polar surface area (TPSA) is 0 Å². The molecule has 1 unspecified atom stereocenters. The van der Waals surface area contributed by atoms with Crippen LogP contribution in [-0.2, 0) is 12.6 Å². The van der Waals surface area contributed by atoms with Crippen molar-refractivity contribution in [2.45, 2.75) is 5.50 Å². The molecule has 48 valence electrons. The van der Waals surface area contributed by atoms with Crippen LogP contribution in [0.5, 0.6) is 0 Å². The SMILES string of the molecule is FC([S-])c1ccccc1. The number of rotatable bonds is 1. The molecule has 0 aromatic heterocycles. The minimum Gasteiger partial charge on any atom is -0.751 e. The van der Waals surface area contributed by atoms with Crippen LogP contribution in [0.2, 0.25) is 0 Å². The zero-order valence-corrected chi connectivity index (χ0v) is 5.57. The summed E-state index contributed by atoms with van der Waals surface area (Å²) in [4.78, 5) is 0.